The Morgan fingerprint density at radius 1 is 1.43 bits per heavy atom. The SMILES string of the molecule is CC.Cc1c(F)c(Cl)nc2ccoc12. The van der Waals surface area contributed by atoms with Crippen molar-refractivity contribution >= 4 is 22.7 Å². The second kappa shape index (κ2) is 4.42. The minimum absolute atomic E-state index is 0.110. The minimum Gasteiger partial charge on any atom is -0.462 e. The molecule has 0 aromatic carbocycles. The number of halogens is 2. The molecule has 0 atom stereocenters. The number of nitrogens with zero attached hydrogens (tertiary/aromatic N) is 1. The second-order valence-electron chi connectivity index (χ2n) is 2.48. The largest absolute Gasteiger partial charge is 0.462 e. The summed E-state index contributed by atoms with van der Waals surface area (Å²) in [6.07, 6.45) is 1.46. The molecule has 2 aromatic rings. The van der Waals surface area contributed by atoms with E-state index in [1.807, 2.05) is 13.8 Å². The third kappa shape index (κ3) is 1.73. The molecule has 0 amide bonds. The number of furan rings is 1. The first-order valence-electron chi connectivity index (χ1n) is 4.39. The fourth-order valence-corrected chi connectivity index (χ4v) is 1.31. The van der Waals surface area contributed by atoms with E-state index in [1.165, 1.54) is 6.26 Å². The lowest BCUT2D eigenvalue weighted by molar-refractivity contribution is 0.586. The van der Waals surface area contributed by atoms with Gasteiger partial charge < -0.3 is 4.42 Å². The van der Waals surface area contributed by atoms with Crippen molar-refractivity contribution in [2.45, 2.75) is 20.8 Å². The Bertz CT molecular complexity index is 439. The molecule has 0 bridgehead atoms. The predicted molar refractivity (Wildman–Crippen MR) is 55.1 cm³/mol. The number of pyridine rings is 1. The maximum Gasteiger partial charge on any atom is 0.167 e. The Hall–Kier alpha value is -1.09. The molecule has 0 saturated heterocycles. The molecule has 0 saturated carbocycles. The van der Waals surface area contributed by atoms with Crippen LogP contribution in [0.15, 0.2) is 16.7 Å². The normalized spacial score (nSPS) is 9.79. The number of aryl methyl sites for hydroxylation is 1. The zero-order valence-electron chi connectivity index (χ0n) is 8.27. The number of fused-ring (bicyclic) bond motifs is 1. The van der Waals surface area contributed by atoms with Gasteiger partial charge in [-0.1, -0.05) is 25.4 Å². The van der Waals surface area contributed by atoms with Gasteiger partial charge in [-0.25, -0.2) is 9.37 Å². The topological polar surface area (TPSA) is 26.0 Å². The summed E-state index contributed by atoms with van der Waals surface area (Å²) in [5.74, 6) is -0.515. The summed E-state index contributed by atoms with van der Waals surface area (Å²) in [5, 5.41) is -0.110. The minimum atomic E-state index is -0.515. The van der Waals surface area contributed by atoms with Gasteiger partial charge in [0.1, 0.15) is 5.52 Å². The van der Waals surface area contributed by atoms with Crippen LogP contribution in [0.2, 0.25) is 5.15 Å². The van der Waals surface area contributed by atoms with E-state index < -0.39 is 5.82 Å². The van der Waals surface area contributed by atoms with Crippen LogP contribution in [0.1, 0.15) is 19.4 Å². The summed E-state index contributed by atoms with van der Waals surface area (Å²) in [6.45, 7) is 5.61. The highest BCUT2D eigenvalue weighted by Gasteiger charge is 2.11. The summed E-state index contributed by atoms with van der Waals surface area (Å²) in [5.41, 5.74) is 1.44. The molecule has 0 spiro atoms. The standard InChI is InChI=1S/C8H5ClFNO.C2H6/c1-4-6(10)8(9)11-5-2-3-12-7(4)5;1-2/h2-3H,1H3;1-2H3. The summed E-state index contributed by atoms with van der Waals surface area (Å²) >= 11 is 5.52. The van der Waals surface area contributed by atoms with Crippen LogP contribution in [0.5, 0.6) is 0 Å². The molecule has 0 fully saturated rings. The van der Waals surface area contributed by atoms with E-state index in [1.54, 1.807) is 13.0 Å². The number of hydrogen-bond acceptors (Lipinski definition) is 2. The summed E-state index contributed by atoms with van der Waals surface area (Å²) in [7, 11) is 0. The maximum absolute atomic E-state index is 13.1. The predicted octanol–water partition coefficient (Wildman–Crippen LogP) is 3.95. The van der Waals surface area contributed by atoms with Crippen LogP contribution in [0.4, 0.5) is 4.39 Å². The van der Waals surface area contributed by atoms with E-state index in [-0.39, 0.29) is 5.15 Å². The molecule has 2 rings (SSSR count). The van der Waals surface area contributed by atoms with Gasteiger partial charge in [0.25, 0.3) is 0 Å². The van der Waals surface area contributed by atoms with E-state index in [9.17, 15) is 4.39 Å². The molecule has 76 valence electrons. The third-order valence-electron chi connectivity index (χ3n) is 1.71. The van der Waals surface area contributed by atoms with Crippen molar-refractivity contribution in [3.63, 3.8) is 0 Å². The van der Waals surface area contributed by atoms with Gasteiger partial charge in [-0.2, -0.15) is 0 Å². The van der Waals surface area contributed by atoms with Gasteiger partial charge in [0.05, 0.1) is 6.26 Å². The van der Waals surface area contributed by atoms with Crippen molar-refractivity contribution in [1.82, 2.24) is 4.98 Å². The second-order valence-corrected chi connectivity index (χ2v) is 2.83. The van der Waals surface area contributed by atoms with Crippen LogP contribution in [-0.2, 0) is 0 Å². The number of rotatable bonds is 0. The van der Waals surface area contributed by atoms with Gasteiger partial charge in [0.15, 0.2) is 16.6 Å². The smallest absolute Gasteiger partial charge is 0.167 e. The lowest BCUT2D eigenvalue weighted by atomic mass is 10.2. The van der Waals surface area contributed by atoms with Crippen LogP contribution in [0.3, 0.4) is 0 Å². The Morgan fingerprint density at radius 2 is 2.07 bits per heavy atom. The van der Waals surface area contributed by atoms with Crippen LogP contribution in [0, 0.1) is 12.7 Å². The van der Waals surface area contributed by atoms with Crippen molar-refractivity contribution in [3.05, 3.63) is 28.9 Å². The first kappa shape index (κ1) is 11.0. The number of hydrogen-bond donors (Lipinski definition) is 0. The third-order valence-corrected chi connectivity index (χ3v) is 1.96. The molecule has 0 unspecified atom stereocenters. The van der Waals surface area contributed by atoms with E-state index >= 15 is 0 Å². The molecule has 4 heteroatoms. The van der Waals surface area contributed by atoms with Gasteiger partial charge in [0.2, 0.25) is 0 Å². The lowest BCUT2D eigenvalue weighted by Gasteiger charge is -1.97. The van der Waals surface area contributed by atoms with Crippen molar-refractivity contribution in [2.75, 3.05) is 0 Å². The van der Waals surface area contributed by atoms with Gasteiger partial charge in [-0.3, -0.25) is 0 Å². The quantitative estimate of drug-likeness (QED) is 0.622. The molecule has 0 N–H and O–H groups in total. The molecule has 0 aliphatic carbocycles. The highest BCUT2D eigenvalue weighted by atomic mass is 35.5. The average molecular weight is 216 g/mol. The Kier molecular flexibility index (Phi) is 3.47. The van der Waals surface area contributed by atoms with Crippen LogP contribution in [0.25, 0.3) is 11.1 Å². The molecular formula is C10H11ClFNO. The first-order chi connectivity index (χ1) is 6.70. The molecule has 0 radical (unpaired) electrons. The van der Waals surface area contributed by atoms with Crippen LogP contribution in [-0.4, -0.2) is 4.98 Å². The van der Waals surface area contributed by atoms with Crippen molar-refractivity contribution in [2.24, 2.45) is 0 Å². The molecule has 2 heterocycles. The summed E-state index contributed by atoms with van der Waals surface area (Å²) in [6, 6.07) is 1.65. The molecular weight excluding hydrogens is 205 g/mol. The van der Waals surface area contributed by atoms with E-state index in [0.29, 0.717) is 16.7 Å². The molecule has 0 aliphatic rings. The van der Waals surface area contributed by atoms with Gasteiger partial charge in [-0.05, 0) is 6.92 Å². The fourth-order valence-electron chi connectivity index (χ4n) is 1.08. The zero-order chi connectivity index (χ0) is 10.7. The lowest BCUT2D eigenvalue weighted by Crippen LogP contribution is -1.88. The summed E-state index contributed by atoms with van der Waals surface area (Å²) < 4.78 is 18.1. The van der Waals surface area contributed by atoms with Crippen LogP contribution < -0.4 is 0 Å². The van der Waals surface area contributed by atoms with E-state index in [0.717, 1.165) is 0 Å². The van der Waals surface area contributed by atoms with Gasteiger partial charge in [0, 0.05) is 11.6 Å². The number of aromatic nitrogens is 1. The van der Waals surface area contributed by atoms with Crippen LogP contribution >= 0.6 is 11.6 Å². The Balaban J connectivity index is 0.000000461. The van der Waals surface area contributed by atoms with Gasteiger partial charge >= 0.3 is 0 Å². The van der Waals surface area contributed by atoms with E-state index in [2.05, 4.69) is 4.98 Å². The van der Waals surface area contributed by atoms with Crippen molar-refractivity contribution in [1.29, 1.82) is 0 Å². The Labute approximate surface area is 86.7 Å². The monoisotopic (exact) mass is 215 g/mol. The van der Waals surface area contributed by atoms with Crippen molar-refractivity contribution < 1.29 is 8.81 Å². The highest BCUT2D eigenvalue weighted by Crippen LogP contribution is 2.24. The average Bonchev–Trinajstić information content (AvgIpc) is 2.65. The maximum atomic E-state index is 13.1. The first-order valence-corrected chi connectivity index (χ1v) is 4.76. The van der Waals surface area contributed by atoms with Gasteiger partial charge in [-0.15, -0.1) is 0 Å². The zero-order valence-corrected chi connectivity index (χ0v) is 9.02. The molecule has 0 aliphatic heterocycles. The fraction of sp³-hybridized carbons (Fsp3) is 0.300. The Morgan fingerprint density at radius 3 is 2.71 bits per heavy atom. The van der Waals surface area contributed by atoms with Crippen molar-refractivity contribution in [3.8, 4) is 0 Å². The molecule has 2 nitrogen and oxygen atoms in total. The van der Waals surface area contributed by atoms with E-state index in [4.69, 9.17) is 16.0 Å². The summed E-state index contributed by atoms with van der Waals surface area (Å²) in [4.78, 5) is 3.79. The highest BCUT2D eigenvalue weighted by molar-refractivity contribution is 6.30. The molecule has 14 heavy (non-hydrogen) atoms. The molecule has 2 aromatic heterocycles.